The van der Waals surface area contributed by atoms with Crippen molar-refractivity contribution in [2.75, 3.05) is 25.5 Å². The van der Waals surface area contributed by atoms with Crippen LogP contribution in [0.25, 0.3) is 0 Å². The molecule has 1 saturated heterocycles. The van der Waals surface area contributed by atoms with Gasteiger partial charge in [-0.05, 0) is 25.0 Å². The van der Waals surface area contributed by atoms with Gasteiger partial charge in [0, 0.05) is 12.4 Å². The van der Waals surface area contributed by atoms with E-state index in [1.165, 1.54) is 17.8 Å². The Morgan fingerprint density at radius 3 is 3.10 bits per heavy atom. The molecule has 1 aliphatic rings. The average molecular weight is 298 g/mol. The number of rotatable bonds is 6. The lowest BCUT2D eigenvalue weighted by Crippen LogP contribution is -2.15. The summed E-state index contributed by atoms with van der Waals surface area (Å²) in [6.45, 7) is 1.83. The fraction of sp³-hybridized carbons (Fsp3) is 0.500. The third kappa shape index (κ3) is 5.02. The molecule has 20 heavy (non-hydrogen) atoms. The smallest absolute Gasteiger partial charge is 0.165 e. The van der Waals surface area contributed by atoms with Crippen LogP contribution in [0.5, 0.6) is 5.75 Å². The third-order valence-corrected chi connectivity index (χ3v) is 3.70. The molecule has 0 bridgehead atoms. The van der Waals surface area contributed by atoms with E-state index in [1.807, 2.05) is 0 Å². The van der Waals surface area contributed by atoms with E-state index in [0.29, 0.717) is 24.1 Å². The average Bonchev–Trinajstić information content (AvgIpc) is 2.96. The van der Waals surface area contributed by atoms with Gasteiger partial charge in [-0.15, -0.1) is 0 Å². The number of benzene rings is 1. The summed E-state index contributed by atoms with van der Waals surface area (Å²) in [6.07, 6.45) is 2.37. The maximum absolute atomic E-state index is 13.3. The van der Waals surface area contributed by atoms with Crippen LogP contribution in [-0.4, -0.2) is 36.8 Å². The molecular weight excluding hydrogens is 279 g/mol. The van der Waals surface area contributed by atoms with Gasteiger partial charge in [-0.25, -0.2) is 4.39 Å². The predicted octanol–water partition coefficient (Wildman–Crippen LogP) is 2.43. The van der Waals surface area contributed by atoms with E-state index in [2.05, 4.69) is 4.99 Å². The molecule has 6 heteroatoms. The number of halogens is 1. The van der Waals surface area contributed by atoms with E-state index < -0.39 is 0 Å². The van der Waals surface area contributed by atoms with E-state index in [9.17, 15) is 4.39 Å². The van der Waals surface area contributed by atoms with Crippen LogP contribution >= 0.6 is 11.8 Å². The minimum atomic E-state index is -0.350. The summed E-state index contributed by atoms with van der Waals surface area (Å²) in [4.78, 5) is 4.27. The largest absolute Gasteiger partial charge is 0.490 e. The molecule has 0 amide bonds. The van der Waals surface area contributed by atoms with Crippen molar-refractivity contribution in [3.05, 3.63) is 30.1 Å². The van der Waals surface area contributed by atoms with Crippen molar-refractivity contribution in [2.24, 2.45) is 10.7 Å². The van der Waals surface area contributed by atoms with Crippen LogP contribution in [-0.2, 0) is 4.74 Å². The summed E-state index contributed by atoms with van der Waals surface area (Å²) in [5.41, 5.74) is 5.79. The molecule has 1 fully saturated rings. The molecule has 1 aromatic carbocycles. The first-order valence-corrected chi connectivity index (χ1v) is 7.66. The number of ether oxygens (including phenoxy) is 2. The molecule has 0 unspecified atom stereocenters. The zero-order chi connectivity index (χ0) is 14.2. The Labute approximate surface area is 122 Å². The molecule has 1 heterocycles. The van der Waals surface area contributed by atoms with Crippen molar-refractivity contribution in [2.45, 2.75) is 18.9 Å². The molecule has 1 aromatic rings. The lowest BCUT2D eigenvalue weighted by molar-refractivity contribution is 0.118. The highest BCUT2D eigenvalue weighted by Gasteiger charge is 2.14. The molecule has 2 rings (SSSR count). The maximum Gasteiger partial charge on any atom is 0.165 e. The normalized spacial score (nSPS) is 19.2. The van der Waals surface area contributed by atoms with Gasteiger partial charge in [0.25, 0.3) is 0 Å². The van der Waals surface area contributed by atoms with E-state index in [1.54, 1.807) is 18.2 Å². The van der Waals surface area contributed by atoms with Crippen molar-refractivity contribution in [1.82, 2.24) is 0 Å². The summed E-state index contributed by atoms with van der Waals surface area (Å²) >= 11 is 1.41. The number of thioether (sulfide) groups is 1. The fourth-order valence-corrected chi connectivity index (χ4v) is 2.43. The van der Waals surface area contributed by atoms with Crippen LogP contribution in [0.2, 0.25) is 0 Å². The van der Waals surface area contributed by atoms with Crippen molar-refractivity contribution in [3.8, 4) is 5.75 Å². The number of amidine groups is 1. The molecule has 1 aliphatic heterocycles. The minimum Gasteiger partial charge on any atom is -0.490 e. The molecule has 0 aromatic heterocycles. The Kier molecular flexibility index (Phi) is 6.14. The van der Waals surface area contributed by atoms with Gasteiger partial charge in [0.05, 0.1) is 19.3 Å². The van der Waals surface area contributed by atoms with Crippen LogP contribution in [0.15, 0.2) is 29.3 Å². The van der Waals surface area contributed by atoms with Crippen LogP contribution in [0, 0.1) is 5.82 Å². The molecule has 2 N–H and O–H groups in total. The molecule has 1 atom stereocenters. The Morgan fingerprint density at radius 2 is 2.35 bits per heavy atom. The van der Waals surface area contributed by atoms with Gasteiger partial charge in [-0.2, -0.15) is 0 Å². The van der Waals surface area contributed by atoms with Gasteiger partial charge in [0.1, 0.15) is 0 Å². The minimum absolute atomic E-state index is 0.212. The highest BCUT2D eigenvalue weighted by Crippen LogP contribution is 2.16. The zero-order valence-corrected chi connectivity index (χ0v) is 12.1. The Morgan fingerprint density at radius 1 is 1.50 bits per heavy atom. The van der Waals surface area contributed by atoms with E-state index in [-0.39, 0.29) is 17.7 Å². The summed E-state index contributed by atoms with van der Waals surface area (Å²) in [7, 11) is 0. The van der Waals surface area contributed by atoms with Crippen molar-refractivity contribution in [3.63, 3.8) is 0 Å². The topological polar surface area (TPSA) is 56.8 Å². The Balaban J connectivity index is 1.62. The number of hydrogen-bond acceptors (Lipinski definition) is 4. The Hall–Kier alpha value is -1.27. The summed E-state index contributed by atoms with van der Waals surface area (Å²) in [6, 6.07) is 6.35. The number of nitrogens with two attached hydrogens (primary N) is 1. The second-order valence-corrected chi connectivity index (χ2v) is 5.56. The van der Waals surface area contributed by atoms with E-state index >= 15 is 0 Å². The lowest BCUT2D eigenvalue weighted by Gasteiger charge is -2.08. The van der Waals surface area contributed by atoms with Gasteiger partial charge < -0.3 is 15.2 Å². The van der Waals surface area contributed by atoms with Crippen molar-refractivity contribution < 1.29 is 13.9 Å². The molecule has 4 nitrogen and oxygen atoms in total. The molecule has 110 valence electrons. The maximum atomic E-state index is 13.3. The van der Waals surface area contributed by atoms with Crippen molar-refractivity contribution >= 4 is 16.9 Å². The highest BCUT2D eigenvalue weighted by atomic mass is 32.2. The monoisotopic (exact) mass is 298 g/mol. The quantitative estimate of drug-likeness (QED) is 0.498. The standard InChI is InChI=1S/C14H19FN2O2S/c15-12-5-1-2-6-13(12)19-8-9-20-14(16)17-10-11-4-3-7-18-11/h1-2,5-6,11H,3-4,7-10H2,(H2,16,17)/t11-/m1/s1. The fourth-order valence-electron chi connectivity index (χ4n) is 1.89. The first-order chi connectivity index (χ1) is 9.75. The summed E-state index contributed by atoms with van der Waals surface area (Å²) < 4.78 is 24.1. The SMILES string of the molecule is NC(=NC[C@H]1CCCO1)SCCOc1ccccc1F. The van der Waals surface area contributed by atoms with E-state index in [4.69, 9.17) is 15.2 Å². The highest BCUT2D eigenvalue weighted by molar-refractivity contribution is 8.13. The van der Waals surface area contributed by atoms with E-state index in [0.717, 1.165) is 19.4 Å². The zero-order valence-electron chi connectivity index (χ0n) is 11.3. The molecule has 0 saturated carbocycles. The van der Waals surface area contributed by atoms with Gasteiger partial charge >= 0.3 is 0 Å². The van der Waals surface area contributed by atoms with Crippen molar-refractivity contribution in [1.29, 1.82) is 0 Å². The summed E-state index contributed by atoms with van der Waals surface area (Å²) in [5.74, 6) is 0.551. The number of nitrogens with zero attached hydrogens (tertiary/aromatic N) is 1. The van der Waals surface area contributed by atoms with Crippen LogP contribution < -0.4 is 10.5 Å². The number of para-hydroxylation sites is 1. The first kappa shape index (κ1) is 15.1. The summed E-state index contributed by atoms with van der Waals surface area (Å²) in [5, 5.41) is 0.526. The molecule has 0 spiro atoms. The van der Waals surface area contributed by atoms with Crippen LogP contribution in [0.1, 0.15) is 12.8 Å². The number of aliphatic imine (C=N–C) groups is 1. The van der Waals surface area contributed by atoms with Gasteiger partial charge in [0.2, 0.25) is 0 Å². The first-order valence-electron chi connectivity index (χ1n) is 6.67. The van der Waals surface area contributed by atoms with Gasteiger partial charge in [0.15, 0.2) is 16.7 Å². The predicted molar refractivity (Wildman–Crippen MR) is 79.8 cm³/mol. The second-order valence-electron chi connectivity index (χ2n) is 4.44. The van der Waals surface area contributed by atoms with Crippen LogP contribution in [0.4, 0.5) is 4.39 Å². The van der Waals surface area contributed by atoms with Gasteiger partial charge in [-0.1, -0.05) is 23.9 Å². The molecular formula is C14H19FN2O2S. The molecule has 0 radical (unpaired) electrons. The third-order valence-electron chi connectivity index (χ3n) is 2.90. The Bertz CT molecular complexity index is 451. The molecule has 0 aliphatic carbocycles. The lowest BCUT2D eigenvalue weighted by atomic mass is 10.2. The van der Waals surface area contributed by atoms with Gasteiger partial charge in [-0.3, -0.25) is 4.99 Å². The van der Waals surface area contributed by atoms with Crippen LogP contribution in [0.3, 0.4) is 0 Å². The second kappa shape index (κ2) is 8.11. The number of hydrogen-bond donors (Lipinski definition) is 1.